The Morgan fingerprint density at radius 2 is 2.22 bits per heavy atom. The third kappa shape index (κ3) is 2.60. The number of thiophene rings is 1. The molecule has 0 fully saturated rings. The molecule has 3 aromatic heterocycles. The molecule has 18 heavy (non-hydrogen) atoms. The van der Waals surface area contributed by atoms with Crippen molar-refractivity contribution in [3.63, 3.8) is 0 Å². The van der Waals surface area contributed by atoms with Gasteiger partial charge in [-0.25, -0.2) is 0 Å². The lowest BCUT2D eigenvalue weighted by molar-refractivity contribution is 0.466. The number of pyridine rings is 1. The molecule has 0 radical (unpaired) electrons. The van der Waals surface area contributed by atoms with Crippen molar-refractivity contribution in [1.82, 2.24) is 15.2 Å². The zero-order valence-corrected chi connectivity index (χ0v) is 10.9. The average molecular weight is 275 g/mol. The normalized spacial score (nSPS) is 10.7. The molecule has 0 spiro atoms. The third-order valence-electron chi connectivity index (χ3n) is 2.22. The van der Waals surface area contributed by atoms with Gasteiger partial charge in [0.15, 0.2) is 0 Å². The lowest BCUT2D eigenvalue weighted by Gasteiger charge is -1.95. The second kappa shape index (κ2) is 5.32. The summed E-state index contributed by atoms with van der Waals surface area (Å²) in [7, 11) is 0. The topological polar surface area (TPSA) is 51.8 Å². The SMILES string of the molecule is c1cncc(CSc2nnc(-c3cccs3)o2)c1. The fraction of sp³-hybridized carbons (Fsp3) is 0.0833. The summed E-state index contributed by atoms with van der Waals surface area (Å²) in [6, 6.07) is 7.87. The van der Waals surface area contributed by atoms with Gasteiger partial charge in [-0.1, -0.05) is 23.9 Å². The van der Waals surface area contributed by atoms with Crippen molar-refractivity contribution in [3.8, 4) is 10.8 Å². The van der Waals surface area contributed by atoms with Crippen molar-refractivity contribution in [1.29, 1.82) is 0 Å². The summed E-state index contributed by atoms with van der Waals surface area (Å²) in [6.45, 7) is 0. The second-order valence-corrected chi connectivity index (χ2v) is 5.37. The maximum absolute atomic E-state index is 5.58. The van der Waals surface area contributed by atoms with Crippen LogP contribution in [0.3, 0.4) is 0 Å². The first kappa shape index (κ1) is 11.4. The first-order chi connectivity index (χ1) is 8.92. The van der Waals surface area contributed by atoms with Crippen LogP contribution in [0.1, 0.15) is 5.56 Å². The second-order valence-electron chi connectivity index (χ2n) is 3.50. The van der Waals surface area contributed by atoms with Crippen LogP contribution in [-0.4, -0.2) is 15.2 Å². The molecular formula is C12H9N3OS2. The summed E-state index contributed by atoms with van der Waals surface area (Å²) >= 11 is 3.10. The Morgan fingerprint density at radius 3 is 3.00 bits per heavy atom. The molecule has 0 bridgehead atoms. The molecule has 0 unspecified atom stereocenters. The van der Waals surface area contributed by atoms with Crippen LogP contribution < -0.4 is 0 Å². The standard InChI is InChI=1S/C12H9N3OS2/c1-3-9(7-13-5-1)8-18-12-15-14-11(16-12)10-4-2-6-17-10/h1-7H,8H2. The van der Waals surface area contributed by atoms with Gasteiger partial charge in [-0.2, -0.15) is 0 Å². The highest BCUT2D eigenvalue weighted by atomic mass is 32.2. The maximum Gasteiger partial charge on any atom is 0.277 e. The molecule has 3 aromatic rings. The number of nitrogens with zero attached hydrogens (tertiary/aromatic N) is 3. The van der Waals surface area contributed by atoms with Gasteiger partial charge in [0.2, 0.25) is 0 Å². The third-order valence-corrected chi connectivity index (χ3v) is 3.97. The molecule has 0 aliphatic carbocycles. The van der Waals surface area contributed by atoms with E-state index in [-0.39, 0.29) is 0 Å². The van der Waals surface area contributed by atoms with Gasteiger partial charge in [-0.05, 0) is 23.1 Å². The number of rotatable bonds is 4. The quantitative estimate of drug-likeness (QED) is 0.682. The first-order valence-corrected chi connectivity index (χ1v) is 7.17. The summed E-state index contributed by atoms with van der Waals surface area (Å²) in [5.41, 5.74) is 1.14. The molecule has 0 aliphatic rings. The van der Waals surface area contributed by atoms with E-state index in [1.807, 2.05) is 35.8 Å². The van der Waals surface area contributed by atoms with Crippen LogP contribution in [0.5, 0.6) is 0 Å². The molecule has 90 valence electrons. The molecule has 0 atom stereocenters. The molecule has 0 amide bonds. The highest BCUT2D eigenvalue weighted by Gasteiger charge is 2.09. The first-order valence-electron chi connectivity index (χ1n) is 5.31. The molecular weight excluding hydrogens is 266 g/mol. The summed E-state index contributed by atoms with van der Waals surface area (Å²) in [5, 5.41) is 10.6. The van der Waals surface area contributed by atoms with Crippen molar-refractivity contribution in [2.45, 2.75) is 11.0 Å². The van der Waals surface area contributed by atoms with Gasteiger partial charge >= 0.3 is 0 Å². The monoisotopic (exact) mass is 275 g/mol. The maximum atomic E-state index is 5.58. The fourth-order valence-corrected chi connectivity index (χ4v) is 2.74. The predicted octanol–water partition coefficient (Wildman–Crippen LogP) is 3.49. The summed E-state index contributed by atoms with van der Waals surface area (Å²) in [4.78, 5) is 5.06. The van der Waals surface area contributed by atoms with E-state index >= 15 is 0 Å². The molecule has 6 heteroatoms. The molecule has 0 aliphatic heterocycles. The highest BCUT2D eigenvalue weighted by molar-refractivity contribution is 7.98. The molecule has 3 rings (SSSR count). The van der Waals surface area contributed by atoms with Gasteiger partial charge in [0.25, 0.3) is 11.1 Å². The van der Waals surface area contributed by atoms with Crippen LogP contribution in [0.2, 0.25) is 0 Å². The van der Waals surface area contributed by atoms with Crippen LogP contribution >= 0.6 is 23.1 Å². The largest absolute Gasteiger partial charge is 0.410 e. The van der Waals surface area contributed by atoms with E-state index in [9.17, 15) is 0 Å². The van der Waals surface area contributed by atoms with Crippen molar-refractivity contribution in [2.24, 2.45) is 0 Å². The van der Waals surface area contributed by atoms with Gasteiger partial charge in [-0.3, -0.25) is 4.98 Å². The molecule has 0 saturated carbocycles. The van der Waals surface area contributed by atoms with Gasteiger partial charge in [-0.15, -0.1) is 21.5 Å². The fourth-order valence-electron chi connectivity index (χ4n) is 1.40. The van der Waals surface area contributed by atoms with Crippen LogP contribution in [0, 0.1) is 0 Å². The Hall–Kier alpha value is -1.66. The number of hydrogen-bond donors (Lipinski definition) is 0. The molecule has 0 aromatic carbocycles. The van der Waals surface area contributed by atoms with Crippen LogP contribution in [-0.2, 0) is 5.75 Å². The van der Waals surface area contributed by atoms with E-state index in [0.717, 1.165) is 16.2 Å². The van der Waals surface area contributed by atoms with Crippen molar-refractivity contribution >= 4 is 23.1 Å². The minimum absolute atomic E-state index is 0.582. The lowest BCUT2D eigenvalue weighted by atomic mass is 10.3. The average Bonchev–Trinajstić information content (AvgIpc) is 3.08. The van der Waals surface area contributed by atoms with E-state index in [1.165, 1.54) is 11.8 Å². The van der Waals surface area contributed by atoms with Gasteiger partial charge in [0, 0.05) is 18.1 Å². The molecule has 3 heterocycles. The van der Waals surface area contributed by atoms with Gasteiger partial charge < -0.3 is 4.42 Å². The van der Waals surface area contributed by atoms with E-state index in [4.69, 9.17) is 4.42 Å². The Labute approximate surface area is 112 Å². The number of aromatic nitrogens is 3. The highest BCUT2D eigenvalue weighted by Crippen LogP contribution is 2.27. The summed E-state index contributed by atoms with van der Waals surface area (Å²) < 4.78 is 5.58. The minimum atomic E-state index is 0.582. The van der Waals surface area contributed by atoms with E-state index < -0.39 is 0 Å². The van der Waals surface area contributed by atoms with Crippen molar-refractivity contribution < 1.29 is 4.42 Å². The Morgan fingerprint density at radius 1 is 1.22 bits per heavy atom. The zero-order chi connectivity index (χ0) is 12.2. The van der Waals surface area contributed by atoms with E-state index in [1.54, 1.807) is 17.5 Å². The minimum Gasteiger partial charge on any atom is -0.410 e. The molecule has 0 N–H and O–H groups in total. The van der Waals surface area contributed by atoms with E-state index in [2.05, 4.69) is 15.2 Å². The van der Waals surface area contributed by atoms with Crippen LogP contribution in [0.15, 0.2) is 51.7 Å². The van der Waals surface area contributed by atoms with Gasteiger partial charge in [0.1, 0.15) is 0 Å². The van der Waals surface area contributed by atoms with Gasteiger partial charge in [0.05, 0.1) is 4.88 Å². The number of hydrogen-bond acceptors (Lipinski definition) is 6. The summed E-state index contributed by atoms with van der Waals surface area (Å²) in [5.74, 6) is 1.36. The Balaban J connectivity index is 1.68. The van der Waals surface area contributed by atoms with E-state index in [0.29, 0.717) is 11.1 Å². The Bertz CT molecular complexity index is 607. The zero-order valence-electron chi connectivity index (χ0n) is 9.31. The molecule has 0 saturated heterocycles. The predicted molar refractivity (Wildman–Crippen MR) is 71.4 cm³/mol. The smallest absolute Gasteiger partial charge is 0.277 e. The molecule has 4 nitrogen and oxygen atoms in total. The van der Waals surface area contributed by atoms with Crippen molar-refractivity contribution in [3.05, 3.63) is 47.6 Å². The Kier molecular flexibility index (Phi) is 3.38. The lowest BCUT2D eigenvalue weighted by Crippen LogP contribution is -1.81. The van der Waals surface area contributed by atoms with Crippen LogP contribution in [0.4, 0.5) is 0 Å². The van der Waals surface area contributed by atoms with Crippen molar-refractivity contribution in [2.75, 3.05) is 0 Å². The van der Waals surface area contributed by atoms with Crippen LogP contribution in [0.25, 0.3) is 10.8 Å². The summed E-state index contributed by atoms with van der Waals surface area (Å²) in [6.07, 6.45) is 3.60. The number of thioether (sulfide) groups is 1.